The summed E-state index contributed by atoms with van der Waals surface area (Å²) in [6.07, 6.45) is 3.70. The summed E-state index contributed by atoms with van der Waals surface area (Å²) in [7, 11) is 0. The van der Waals surface area contributed by atoms with Gasteiger partial charge in [0.25, 0.3) is 5.91 Å². The van der Waals surface area contributed by atoms with E-state index in [0.717, 1.165) is 27.9 Å². The maximum absolute atomic E-state index is 12.6. The number of hydrazine groups is 1. The van der Waals surface area contributed by atoms with Gasteiger partial charge >= 0.3 is 6.03 Å². The molecule has 0 aromatic heterocycles. The number of allylic oxidation sites excluding steroid dienone is 2. The van der Waals surface area contributed by atoms with Crippen LogP contribution in [0.4, 0.5) is 10.5 Å². The van der Waals surface area contributed by atoms with Crippen LogP contribution in [0.3, 0.4) is 0 Å². The monoisotopic (exact) mass is 463 g/mol. The van der Waals surface area contributed by atoms with Gasteiger partial charge in [-0.15, -0.1) is 0 Å². The van der Waals surface area contributed by atoms with Crippen molar-refractivity contribution in [2.24, 2.45) is 0 Å². The molecule has 0 bridgehead atoms. The van der Waals surface area contributed by atoms with Gasteiger partial charge in [0.1, 0.15) is 0 Å². The number of amides is 3. The molecule has 5 nitrogen and oxygen atoms in total. The molecule has 0 spiro atoms. The number of urea groups is 1. The van der Waals surface area contributed by atoms with Crippen LogP contribution in [-0.4, -0.2) is 21.3 Å². The summed E-state index contributed by atoms with van der Waals surface area (Å²) in [6.45, 7) is 1.89. The van der Waals surface area contributed by atoms with Crippen molar-refractivity contribution in [3.63, 3.8) is 0 Å². The van der Waals surface area contributed by atoms with Crippen molar-refractivity contribution in [2.75, 3.05) is 5.32 Å². The number of rotatable bonds is 4. The molecule has 29 heavy (non-hydrogen) atoms. The molecule has 0 unspecified atom stereocenters. The van der Waals surface area contributed by atoms with Crippen molar-refractivity contribution >= 4 is 75.2 Å². The first-order chi connectivity index (χ1) is 13.8. The zero-order valence-electron chi connectivity index (χ0n) is 15.1. The first-order valence-electron chi connectivity index (χ1n) is 8.37. The van der Waals surface area contributed by atoms with E-state index >= 15 is 0 Å². The second kappa shape index (κ2) is 9.45. The molecule has 2 aromatic rings. The quantitative estimate of drug-likeness (QED) is 0.439. The van der Waals surface area contributed by atoms with E-state index in [1.807, 2.05) is 43.3 Å². The van der Waals surface area contributed by atoms with Crippen LogP contribution in [0, 0.1) is 0 Å². The molecule has 2 aromatic carbocycles. The Hall–Kier alpha value is -2.32. The summed E-state index contributed by atoms with van der Waals surface area (Å²) in [6, 6.07) is 13.8. The lowest BCUT2D eigenvalue weighted by Gasteiger charge is -2.16. The Balaban J connectivity index is 1.67. The van der Waals surface area contributed by atoms with E-state index in [1.54, 1.807) is 18.2 Å². The molecule has 1 heterocycles. The molecule has 0 atom stereocenters. The van der Waals surface area contributed by atoms with Crippen LogP contribution >= 0.6 is 47.2 Å². The fraction of sp³-hybridized carbons (Fsp3) is 0.0500. The lowest BCUT2D eigenvalue weighted by molar-refractivity contribution is -0.123. The number of carbonyl (C=O) groups excluding carboxylic acids is 2. The molecule has 0 aliphatic carbocycles. The van der Waals surface area contributed by atoms with Gasteiger partial charge in [0, 0.05) is 5.69 Å². The van der Waals surface area contributed by atoms with Gasteiger partial charge in [-0.2, -0.15) is 5.01 Å². The average molecular weight is 464 g/mol. The summed E-state index contributed by atoms with van der Waals surface area (Å²) in [5.41, 5.74) is 4.79. The van der Waals surface area contributed by atoms with Gasteiger partial charge in [0.2, 0.25) is 0 Å². The van der Waals surface area contributed by atoms with Crippen molar-refractivity contribution in [3.05, 3.63) is 80.7 Å². The SMILES string of the molecule is CC(=C\c1ccccc1)/C=C1/SC(=S)N(NC(=O)Nc2ccc(Cl)c(Cl)c2)C1=O. The van der Waals surface area contributed by atoms with Crippen molar-refractivity contribution in [3.8, 4) is 0 Å². The third kappa shape index (κ3) is 5.61. The highest BCUT2D eigenvalue weighted by molar-refractivity contribution is 8.26. The Bertz CT molecular complexity index is 1040. The van der Waals surface area contributed by atoms with Gasteiger partial charge in [-0.1, -0.05) is 71.4 Å². The number of halogens is 2. The van der Waals surface area contributed by atoms with E-state index in [-0.39, 0.29) is 4.32 Å². The number of nitrogens with zero attached hydrogens (tertiary/aromatic N) is 1. The number of thioether (sulfide) groups is 1. The second-order valence-electron chi connectivity index (χ2n) is 6.01. The predicted octanol–water partition coefficient (Wildman–Crippen LogP) is 5.88. The lowest BCUT2D eigenvalue weighted by atomic mass is 10.1. The number of benzene rings is 2. The largest absolute Gasteiger partial charge is 0.338 e. The highest BCUT2D eigenvalue weighted by Gasteiger charge is 2.33. The molecular formula is C20H15Cl2N3O2S2. The number of hydrogen-bond acceptors (Lipinski definition) is 4. The maximum atomic E-state index is 12.6. The van der Waals surface area contributed by atoms with E-state index in [9.17, 15) is 9.59 Å². The van der Waals surface area contributed by atoms with E-state index in [0.29, 0.717) is 20.6 Å². The van der Waals surface area contributed by atoms with Crippen LogP contribution in [0.25, 0.3) is 6.08 Å². The Morgan fingerprint density at radius 1 is 1.14 bits per heavy atom. The second-order valence-corrected chi connectivity index (χ2v) is 8.50. The van der Waals surface area contributed by atoms with E-state index in [1.165, 1.54) is 6.07 Å². The smallest absolute Gasteiger partial charge is 0.307 e. The first kappa shape index (κ1) is 21.4. The Labute approximate surface area is 187 Å². The topological polar surface area (TPSA) is 61.4 Å². The van der Waals surface area contributed by atoms with E-state index < -0.39 is 11.9 Å². The molecule has 1 fully saturated rings. The van der Waals surface area contributed by atoms with Crippen LogP contribution in [0.2, 0.25) is 10.0 Å². The Kier molecular flexibility index (Phi) is 6.97. The Morgan fingerprint density at radius 3 is 2.55 bits per heavy atom. The minimum atomic E-state index is -0.627. The van der Waals surface area contributed by atoms with Crippen molar-refractivity contribution < 1.29 is 9.59 Å². The van der Waals surface area contributed by atoms with Crippen molar-refractivity contribution in [1.29, 1.82) is 0 Å². The molecule has 1 aliphatic heterocycles. The number of thiocarbonyl (C=S) groups is 1. The van der Waals surface area contributed by atoms with Gasteiger partial charge in [0.15, 0.2) is 4.32 Å². The number of carbonyl (C=O) groups is 2. The molecule has 0 radical (unpaired) electrons. The minimum absolute atomic E-state index is 0.234. The maximum Gasteiger partial charge on any atom is 0.338 e. The van der Waals surface area contributed by atoms with Gasteiger partial charge in [0.05, 0.1) is 15.0 Å². The summed E-state index contributed by atoms with van der Waals surface area (Å²) in [4.78, 5) is 25.3. The number of anilines is 1. The van der Waals surface area contributed by atoms with Gasteiger partial charge in [-0.05, 0) is 54.6 Å². The average Bonchev–Trinajstić information content (AvgIpc) is 2.93. The molecule has 3 rings (SSSR count). The number of nitrogens with one attached hydrogen (secondary N) is 2. The third-order valence-corrected chi connectivity index (χ3v) is 5.78. The Morgan fingerprint density at radius 2 is 1.86 bits per heavy atom. The normalized spacial score (nSPS) is 15.8. The highest BCUT2D eigenvalue weighted by atomic mass is 35.5. The zero-order valence-corrected chi connectivity index (χ0v) is 18.3. The zero-order chi connectivity index (χ0) is 21.0. The van der Waals surface area contributed by atoms with E-state index in [4.69, 9.17) is 35.4 Å². The van der Waals surface area contributed by atoms with Gasteiger partial charge in [-0.3, -0.25) is 4.79 Å². The molecule has 9 heteroatoms. The van der Waals surface area contributed by atoms with Crippen LogP contribution in [0.15, 0.2) is 65.1 Å². The van der Waals surface area contributed by atoms with Crippen molar-refractivity contribution in [2.45, 2.75) is 6.92 Å². The first-order valence-corrected chi connectivity index (χ1v) is 10.4. The predicted molar refractivity (Wildman–Crippen MR) is 124 cm³/mol. The van der Waals surface area contributed by atoms with Gasteiger partial charge in [-0.25, -0.2) is 10.2 Å². The minimum Gasteiger partial charge on any atom is -0.307 e. The fourth-order valence-electron chi connectivity index (χ4n) is 2.46. The molecular weight excluding hydrogens is 449 g/mol. The third-order valence-electron chi connectivity index (χ3n) is 3.74. The van der Waals surface area contributed by atoms with Gasteiger partial charge < -0.3 is 5.32 Å². The highest BCUT2D eigenvalue weighted by Crippen LogP contribution is 2.31. The molecule has 0 saturated carbocycles. The van der Waals surface area contributed by atoms with Crippen molar-refractivity contribution in [1.82, 2.24) is 10.4 Å². The van der Waals surface area contributed by atoms with Crippen LogP contribution in [0.1, 0.15) is 12.5 Å². The summed E-state index contributed by atoms with van der Waals surface area (Å²) in [5.74, 6) is -0.398. The number of hydrogen-bond donors (Lipinski definition) is 2. The molecule has 2 N–H and O–H groups in total. The summed E-state index contributed by atoms with van der Waals surface area (Å²) < 4.78 is 0.234. The molecule has 1 aliphatic rings. The summed E-state index contributed by atoms with van der Waals surface area (Å²) >= 11 is 18.1. The standard InChI is InChI=1S/C20H15Cl2N3O2S2/c1-12(9-13-5-3-2-4-6-13)10-17-18(26)25(20(28)29-17)24-19(27)23-14-7-8-15(21)16(22)11-14/h2-11H,1H3,(H2,23,24,27)/b12-9+,17-10+. The molecule has 1 saturated heterocycles. The van der Waals surface area contributed by atoms with Crippen LogP contribution in [-0.2, 0) is 4.79 Å². The fourth-order valence-corrected chi connectivity index (χ4v) is 3.99. The van der Waals surface area contributed by atoms with Crippen LogP contribution < -0.4 is 10.7 Å². The van der Waals surface area contributed by atoms with E-state index in [2.05, 4.69) is 10.7 Å². The molecule has 3 amide bonds. The van der Waals surface area contributed by atoms with Crippen LogP contribution in [0.5, 0.6) is 0 Å². The summed E-state index contributed by atoms with van der Waals surface area (Å²) in [5, 5.41) is 4.29. The lowest BCUT2D eigenvalue weighted by Crippen LogP contribution is -2.46. The molecule has 148 valence electrons.